The first-order chi connectivity index (χ1) is 20.2. The van der Waals surface area contributed by atoms with Crippen LogP contribution < -0.4 is 24.4 Å². The van der Waals surface area contributed by atoms with E-state index in [0.717, 1.165) is 16.7 Å². The summed E-state index contributed by atoms with van der Waals surface area (Å²) >= 11 is 17.1. The van der Waals surface area contributed by atoms with Crippen LogP contribution >= 0.6 is 50.5 Å². The van der Waals surface area contributed by atoms with Crippen molar-refractivity contribution >= 4 is 62.5 Å². The maximum atomic E-state index is 13.8. The maximum absolute atomic E-state index is 13.8. The highest BCUT2D eigenvalue weighted by molar-refractivity contribution is 9.10. The van der Waals surface area contributed by atoms with E-state index in [0.29, 0.717) is 46.6 Å². The number of nitrogens with zero attached hydrogens (tertiary/aromatic N) is 2. The van der Waals surface area contributed by atoms with E-state index in [1.165, 1.54) is 11.3 Å². The van der Waals surface area contributed by atoms with E-state index < -0.39 is 12.0 Å². The number of methoxy groups -OCH3 is 1. The summed E-state index contributed by atoms with van der Waals surface area (Å²) in [7, 11) is 1.58. The molecule has 0 amide bonds. The molecule has 0 saturated heterocycles. The van der Waals surface area contributed by atoms with Gasteiger partial charge in [-0.05, 0) is 83.4 Å². The summed E-state index contributed by atoms with van der Waals surface area (Å²) in [6, 6.07) is 17.4. The molecular weight excluding hydrogens is 663 g/mol. The van der Waals surface area contributed by atoms with Gasteiger partial charge in [0.05, 0.1) is 40.0 Å². The van der Waals surface area contributed by atoms with Crippen molar-refractivity contribution in [1.29, 1.82) is 0 Å². The lowest BCUT2D eigenvalue weighted by atomic mass is 9.96. The molecule has 0 fully saturated rings. The monoisotopic (exact) mass is 686 g/mol. The van der Waals surface area contributed by atoms with Gasteiger partial charge in [0.2, 0.25) is 0 Å². The van der Waals surface area contributed by atoms with Crippen LogP contribution in [-0.4, -0.2) is 24.3 Å². The van der Waals surface area contributed by atoms with Crippen molar-refractivity contribution in [3.8, 4) is 11.5 Å². The van der Waals surface area contributed by atoms with Crippen LogP contribution in [0.1, 0.15) is 36.6 Å². The summed E-state index contributed by atoms with van der Waals surface area (Å²) in [5.74, 6) is 0.779. The number of esters is 1. The van der Waals surface area contributed by atoms with Crippen LogP contribution in [0.4, 0.5) is 0 Å². The number of allylic oxidation sites excluding steroid dienone is 1. The Morgan fingerprint density at radius 3 is 2.55 bits per heavy atom. The van der Waals surface area contributed by atoms with E-state index in [9.17, 15) is 9.59 Å². The molecule has 0 spiro atoms. The molecule has 0 aliphatic carbocycles. The Morgan fingerprint density at radius 2 is 1.88 bits per heavy atom. The predicted octanol–water partition coefficient (Wildman–Crippen LogP) is 6.46. The van der Waals surface area contributed by atoms with Crippen LogP contribution in [-0.2, 0) is 16.1 Å². The van der Waals surface area contributed by atoms with Gasteiger partial charge >= 0.3 is 5.97 Å². The molecule has 0 N–H and O–H groups in total. The summed E-state index contributed by atoms with van der Waals surface area (Å²) in [6.45, 7) is 3.97. The number of carbonyl (C=O) groups excluding carboxylic acids is 1. The van der Waals surface area contributed by atoms with Crippen molar-refractivity contribution in [3.05, 3.63) is 123 Å². The minimum atomic E-state index is -0.699. The second-order valence-electron chi connectivity index (χ2n) is 9.29. The van der Waals surface area contributed by atoms with Gasteiger partial charge in [0.15, 0.2) is 4.80 Å². The van der Waals surface area contributed by atoms with Gasteiger partial charge in [-0.25, -0.2) is 9.79 Å². The third-order valence-corrected chi connectivity index (χ3v) is 8.79. The zero-order chi connectivity index (χ0) is 30.0. The number of benzene rings is 3. The predicted molar refractivity (Wildman–Crippen MR) is 168 cm³/mol. The minimum absolute atomic E-state index is 0.205. The lowest BCUT2D eigenvalue weighted by molar-refractivity contribution is -0.139. The third kappa shape index (κ3) is 6.20. The molecule has 1 aromatic heterocycles. The molecule has 2 heterocycles. The fourth-order valence-corrected chi connectivity index (χ4v) is 6.58. The van der Waals surface area contributed by atoms with Gasteiger partial charge in [0, 0.05) is 15.6 Å². The number of hydrogen-bond acceptors (Lipinski definition) is 7. The molecule has 42 heavy (non-hydrogen) atoms. The molecule has 0 bridgehead atoms. The number of hydrogen-bond donors (Lipinski definition) is 0. The standard InChI is InChI=1S/C31H25BrCl2N2O5S/c1-4-40-30(38)27-17(2)35-31-36(28(27)19-7-10-22(39-3)11-8-19)29(37)26(42-31)14-18-5-12-25(23(32)13-18)41-16-20-6-9-21(33)15-24(20)34/h5-15,28H,4,16H2,1-3H3. The Morgan fingerprint density at radius 1 is 1.12 bits per heavy atom. The first kappa shape index (κ1) is 30.1. The minimum Gasteiger partial charge on any atom is -0.497 e. The van der Waals surface area contributed by atoms with Crippen molar-refractivity contribution in [2.24, 2.45) is 4.99 Å². The molecule has 1 unspecified atom stereocenters. The second kappa shape index (κ2) is 12.9. The van der Waals surface area contributed by atoms with E-state index in [1.807, 2.05) is 36.4 Å². The van der Waals surface area contributed by atoms with Gasteiger partial charge in [-0.15, -0.1) is 0 Å². The number of aromatic nitrogens is 1. The smallest absolute Gasteiger partial charge is 0.338 e. The highest BCUT2D eigenvalue weighted by Crippen LogP contribution is 2.32. The molecule has 0 saturated carbocycles. The molecule has 11 heteroatoms. The van der Waals surface area contributed by atoms with Gasteiger partial charge in [-0.1, -0.05) is 58.8 Å². The summed E-state index contributed by atoms with van der Waals surface area (Å²) in [5.41, 5.74) is 2.90. The average molecular weight is 688 g/mol. The van der Waals surface area contributed by atoms with E-state index >= 15 is 0 Å². The zero-order valence-corrected chi connectivity index (χ0v) is 26.7. The Kier molecular flexibility index (Phi) is 9.22. The lowest BCUT2D eigenvalue weighted by Crippen LogP contribution is -2.39. The molecule has 1 atom stereocenters. The van der Waals surface area contributed by atoms with Crippen molar-refractivity contribution in [2.75, 3.05) is 13.7 Å². The Labute approximate surface area is 264 Å². The van der Waals surface area contributed by atoms with Crippen LogP contribution in [0, 0.1) is 0 Å². The molecule has 7 nitrogen and oxygen atoms in total. The SMILES string of the molecule is CCOC(=O)C1=C(C)N=c2sc(=Cc3ccc(OCc4ccc(Cl)cc4Cl)c(Br)c3)c(=O)n2C1c1ccc(OC)cc1. The molecule has 1 aliphatic heterocycles. The van der Waals surface area contributed by atoms with Crippen LogP contribution in [0.5, 0.6) is 11.5 Å². The molecule has 216 valence electrons. The van der Waals surface area contributed by atoms with Crippen LogP contribution in [0.25, 0.3) is 6.08 Å². The number of carbonyl (C=O) groups is 1. The van der Waals surface area contributed by atoms with Crippen LogP contribution in [0.15, 0.2) is 86.2 Å². The largest absolute Gasteiger partial charge is 0.497 e. The zero-order valence-electron chi connectivity index (χ0n) is 22.8. The lowest BCUT2D eigenvalue weighted by Gasteiger charge is -2.24. The van der Waals surface area contributed by atoms with Gasteiger partial charge < -0.3 is 14.2 Å². The second-order valence-corrected chi connectivity index (χ2v) is 12.0. The maximum Gasteiger partial charge on any atom is 0.338 e. The average Bonchev–Trinajstić information content (AvgIpc) is 3.26. The van der Waals surface area contributed by atoms with Gasteiger partial charge in [-0.2, -0.15) is 0 Å². The molecule has 3 aromatic carbocycles. The van der Waals surface area contributed by atoms with Gasteiger partial charge in [-0.3, -0.25) is 9.36 Å². The quantitative estimate of drug-likeness (QED) is 0.199. The van der Waals surface area contributed by atoms with E-state index in [2.05, 4.69) is 20.9 Å². The summed E-state index contributed by atoms with van der Waals surface area (Å²) in [5, 5.41) is 1.09. The molecule has 5 rings (SSSR count). The van der Waals surface area contributed by atoms with Crippen molar-refractivity contribution in [3.63, 3.8) is 0 Å². The fourth-order valence-electron chi connectivity index (χ4n) is 4.56. The normalized spacial score (nSPS) is 14.8. The van der Waals surface area contributed by atoms with Crippen LogP contribution in [0.2, 0.25) is 10.0 Å². The van der Waals surface area contributed by atoms with Crippen molar-refractivity contribution in [2.45, 2.75) is 26.5 Å². The number of halogens is 3. The van der Waals surface area contributed by atoms with Gasteiger partial charge in [0.1, 0.15) is 18.1 Å². The number of thiazole rings is 1. The number of rotatable bonds is 8. The summed E-state index contributed by atoms with van der Waals surface area (Å²) < 4.78 is 19.4. The molecule has 0 radical (unpaired) electrons. The first-order valence-corrected chi connectivity index (χ1v) is 15.3. The Balaban J connectivity index is 1.51. The topological polar surface area (TPSA) is 79.1 Å². The van der Waals surface area contributed by atoms with E-state index in [1.54, 1.807) is 55.9 Å². The van der Waals surface area contributed by atoms with Crippen molar-refractivity contribution < 1.29 is 19.0 Å². The fraction of sp³-hybridized carbons (Fsp3) is 0.194. The molecule has 1 aliphatic rings. The summed E-state index contributed by atoms with van der Waals surface area (Å²) in [4.78, 5) is 32.0. The first-order valence-electron chi connectivity index (χ1n) is 12.9. The number of ether oxygens (including phenoxy) is 3. The third-order valence-electron chi connectivity index (χ3n) is 6.60. The summed E-state index contributed by atoms with van der Waals surface area (Å²) in [6.07, 6.45) is 1.79. The van der Waals surface area contributed by atoms with E-state index in [4.69, 9.17) is 37.4 Å². The molecular formula is C31H25BrCl2N2O5S. The Bertz CT molecular complexity index is 1880. The van der Waals surface area contributed by atoms with Crippen LogP contribution in [0.3, 0.4) is 0 Å². The highest BCUT2D eigenvalue weighted by atomic mass is 79.9. The Hall–Kier alpha value is -3.37. The van der Waals surface area contributed by atoms with E-state index in [-0.39, 0.29) is 18.8 Å². The van der Waals surface area contributed by atoms with Gasteiger partial charge in [0.25, 0.3) is 5.56 Å². The highest BCUT2D eigenvalue weighted by Gasteiger charge is 2.33. The van der Waals surface area contributed by atoms with Crippen molar-refractivity contribution in [1.82, 2.24) is 4.57 Å². The number of fused-ring (bicyclic) bond motifs is 1. The molecule has 4 aromatic rings.